The van der Waals surface area contributed by atoms with Crippen molar-refractivity contribution in [2.75, 3.05) is 0 Å². The molecule has 0 aliphatic heterocycles. The third-order valence-electron chi connectivity index (χ3n) is 4.63. The molecular formula is C17H18BrFO. The Morgan fingerprint density at radius 2 is 1.95 bits per heavy atom. The smallest absolute Gasteiger partial charge is 0.162 e. The van der Waals surface area contributed by atoms with E-state index in [1.54, 1.807) is 12.1 Å². The summed E-state index contributed by atoms with van der Waals surface area (Å²) in [7, 11) is 0. The van der Waals surface area contributed by atoms with Crippen LogP contribution in [0.1, 0.15) is 44.1 Å². The minimum absolute atomic E-state index is 0.243. The van der Waals surface area contributed by atoms with Crippen LogP contribution in [0.2, 0.25) is 0 Å². The second-order valence-corrected chi connectivity index (χ2v) is 6.75. The molecule has 0 heterocycles. The van der Waals surface area contributed by atoms with Gasteiger partial charge in [0.15, 0.2) is 5.78 Å². The molecule has 0 N–H and O–H groups in total. The average Bonchev–Trinajstić information content (AvgIpc) is 3.05. The van der Waals surface area contributed by atoms with Gasteiger partial charge < -0.3 is 0 Å². The number of ketones is 1. The van der Waals surface area contributed by atoms with Gasteiger partial charge in [-0.05, 0) is 76.9 Å². The maximum absolute atomic E-state index is 13.2. The molecule has 0 aromatic heterocycles. The van der Waals surface area contributed by atoms with Crippen LogP contribution in [0.4, 0.5) is 4.39 Å². The first-order valence-corrected chi connectivity index (χ1v) is 8.14. The van der Waals surface area contributed by atoms with Crippen molar-refractivity contribution in [2.45, 2.75) is 38.5 Å². The van der Waals surface area contributed by atoms with Gasteiger partial charge in [-0.25, -0.2) is 4.39 Å². The summed E-state index contributed by atoms with van der Waals surface area (Å²) in [4.78, 5) is 12.5. The first-order valence-electron chi connectivity index (χ1n) is 7.35. The van der Waals surface area contributed by atoms with Gasteiger partial charge in [-0.3, -0.25) is 4.79 Å². The van der Waals surface area contributed by atoms with Gasteiger partial charge in [0.1, 0.15) is 5.82 Å². The van der Waals surface area contributed by atoms with Gasteiger partial charge in [-0.2, -0.15) is 0 Å². The lowest BCUT2D eigenvalue weighted by Crippen LogP contribution is -2.16. The number of hydrogen-bond acceptors (Lipinski definition) is 1. The molecule has 1 atom stereocenters. The summed E-state index contributed by atoms with van der Waals surface area (Å²) in [6.45, 7) is 0. The molecule has 106 valence electrons. The number of carbonyl (C=O) groups excluding carboxylic acids is 1. The van der Waals surface area contributed by atoms with Crippen LogP contribution in [-0.2, 0) is 4.79 Å². The fourth-order valence-corrected chi connectivity index (χ4v) is 3.96. The zero-order chi connectivity index (χ0) is 14.1. The number of rotatable bonds is 2. The molecule has 1 nitrogen and oxygen atoms in total. The largest absolute Gasteiger partial charge is 0.294 e. The van der Waals surface area contributed by atoms with Gasteiger partial charge in [0.05, 0.1) is 4.47 Å². The maximum Gasteiger partial charge on any atom is 0.162 e. The van der Waals surface area contributed by atoms with E-state index >= 15 is 0 Å². The number of hydrogen-bond donors (Lipinski definition) is 0. The Morgan fingerprint density at radius 3 is 2.65 bits per heavy atom. The van der Waals surface area contributed by atoms with Gasteiger partial charge in [0.25, 0.3) is 0 Å². The van der Waals surface area contributed by atoms with Gasteiger partial charge >= 0.3 is 0 Å². The lowest BCUT2D eigenvalue weighted by molar-refractivity contribution is -0.119. The molecule has 2 aliphatic carbocycles. The Kier molecular flexibility index (Phi) is 4.06. The van der Waals surface area contributed by atoms with E-state index in [4.69, 9.17) is 0 Å². The normalized spacial score (nSPS) is 25.8. The minimum Gasteiger partial charge on any atom is -0.294 e. The van der Waals surface area contributed by atoms with Crippen LogP contribution >= 0.6 is 15.9 Å². The van der Waals surface area contributed by atoms with Gasteiger partial charge in [-0.15, -0.1) is 0 Å². The molecule has 1 aromatic rings. The zero-order valence-electron chi connectivity index (χ0n) is 11.4. The van der Waals surface area contributed by atoms with Crippen molar-refractivity contribution in [2.24, 2.45) is 11.8 Å². The molecule has 1 unspecified atom stereocenters. The summed E-state index contributed by atoms with van der Waals surface area (Å²) in [5.74, 6) is 0.909. The van der Waals surface area contributed by atoms with E-state index in [0.29, 0.717) is 16.2 Å². The summed E-state index contributed by atoms with van der Waals surface area (Å²) in [5, 5.41) is 0. The predicted molar refractivity (Wildman–Crippen MR) is 81.8 cm³/mol. The van der Waals surface area contributed by atoms with E-state index in [2.05, 4.69) is 15.9 Å². The third-order valence-corrected chi connectivity index (χ3v) is 5.24. The molecule has 2 saturated carbocycles. The minimum atomic E-state index is -0.270. The average molecular weight is 337 g/mol. The highest BCUT2D eigenvalue weighted by Crippen LogP contribution is 2.40. The molecule has 0 saturated heterocycles. The van der Waals surface area contributed by atoms with E-state index in [9.17, 15) is 9.18 Å². The first kappa shape index (κ1) is 14.0. The maximum atomic E-state index is 13.2. The second-order valence-electron chi connectivity index (χ2n) is 5.90. The van der Waals surface area contributed by atoms with Gasteiger partial charge in [0.2, 0.25) is 0 Å². The Bertz CT molecular complexity index is 558. The Morgan fingerprint density at radius 1 is 1.20 bits per heavy atom. The quantitative estimate of drug-likeness (QED) is 0.683. The van der Waals surface area contributed by atoms with E-state index < -0.39 is 0 Å². The van der Waals surface area contributed by atoms with Crippen molar-refractivity contribution >= 4 is 27.8 Å². The van der Waals surface area contributed by atoms with E-state index in [0.717, 1.165) is 24.0 Å². The third kappa shape index (κ3) is 2.73. The summed E-state index contributed by atoms with van der Waals surface area (Å²) < 4.78 is 13.7. The molecule has 3 rings (SSSR count). The number of Topliss-reactive ketones (excluding diaryl/α,β-unsaturated/α-hetero) is 1. The molecule has 0 spiro atoms. The molecule has 0 amide bonds. The second kappa shape index (κ2) is 5.80. The first-order chi connectivity index (χ1) is 9.65. The highest BCUT2D eigenvalue weighted by Gasteiger charge is 2.36. The van der Waals surface area contributed by atoms with Gasteiger partial charge in [0, 0.05) is 5.92 Å². The molecule has 2 aliphatic rings. The van der Waals surface area contributed by atoms with E-state index in [-0.39, 0.29) is 11.7 Å². The van der Waals surface area contributed by atoms with E-state index in [1.165, 1.54) is 31.7 Å². The molecule has 0 bridgehead atoms. The van der Waals surface area contributed by atoms with Crippen LogP contribution in [0, 0.1) is 17.7 Å². The fourth-order valence-electron chi connectivity index (χ4n) is 3.56. The molecule has 1 aromatic carbocycles. The van der Waals surface area contributed by atoms with E-state index in [1.807, 2.05) is 6.08 Å². The molecule has 20 heavy (non-hydrogen) atoms. The fraction of sp³-hybridized carbons (Fsp3) is 0.471. The Hall–Kier alpha value is -0.960. The summed E-state index contributed by atoms with van der Waals surface area (Å²) >= 11 is 3.19. The zero-order valence-corrected chi connectivity index (χ0v) is 13.0. The van der Waals surface area contributed by atoms with Crippen molar-refractivity contribution in [1.82, 2.24) is 0 Å². The lowest BCUT2D eigenvalue weighted by atomic mass is 9.88. The van der Waals surface area contributed by atoms with Crippen molar-refractivity contribution in [3.63, 3.8) is 0 Å². The van der Waals surface area contributed by atoms with Gasteiger partial charge in [-0.1, -0.05) is 18.9 Å². The van der Waals surface area contributed by atoms with Crippen LogP contribution in [0.3, 0.4) is 0 Å². The molecule has 3 heteroatoms. The highest BCUT2D eigenvalue weighted by atomic mass is 79.9. The van der Waals surface area contributed by atoms with Crippen LogP contribution < -0.4 is 0 Å². The summed E-state index contributed by atoms with van der Waals surface area (Å²) in [6, 6.07) is 4.89. The summed E-state index contributed by atoms with van der Waals surface area (Å²) in [6.07, 6.45) is 8.78. The molecule has 2 fully saturated rings. The monoisotopic (exact) mass is 336 g/mol. The standard InChI is InChI=1S/C17H18BrFO/c18-15-10-11(5-8-16(15)19)9-13-6-7-14(17(13)20)12-3-1-2-4-12/h5,8-10,12,14H,1-4,6-7H2/b13-9-. The SMILES string of the molecule is O=C1/C(=C\c2ccc(F)c(Br)c2)CCC1C1CCCC1. The predicted octanol–water partition coefficient (Wildman–Crippen LogP) is 5.14. The summed E-state index contributed by atoms with van der Waals surface area (Å²) in [5.41, 5.74) is 1.81. The molecule has 0 radical (unpaired) electrons. The topological polar surface area (TPSA) is 17.1 Å². The highest BCUT2D eigenvalue weighted by molar-refractivity contribution is 9.10. The van der Waals surface area contributed by atoms with Crippen LogP contribution in [0.15, 0.2) is 28.2 Å². The van der Waals surface area contributed by atoms with Crippen LogP contribution in [-0.4, -0.2) is 5.78 Å². The van der Waals surface area contributed by atoms with Crippen LogP contribution in [0.5, 0.6) is 0 Å². The van der Waals surface area contributed by atoms with Crippen molar-refractivity contribution in [1.29, 1.82) is 0 Å². The van der Waals surface area contributed by atoms with Crippen molar-refractivity contribution in [3.05, 3.63) is 39.6 Å². The number of benzene rings is 1. The Balaban J connectivity index is 1.78. The Labute approximate surface area is 127 Å². The van der Waals surface area contributed by atoms with Crippen molar-refractivity contribution in [3.8, 4) is 0 Å². The van der Waals surface area contributed by atoms with Crippen molar-refractivity contribution < 1.29 is 9.18 Å². The number of halogens is 2. The lowest BCUT2D eigenvalue weighted by Gasteiger charge is -2.15. The molecular weight excluding hydrogens is 319 g/mol. The number of carbonyl (C=O) groups is 1. The van der Waals surface area contributed by atoms with Crippen LogP contribution in [0.25, 0.3) is 6.08 Å². The number of allylic oxidation sites excluding steroid dienone is 1.